The zero-order chi connectivity index (χ0) is 15.8. The number of ether oxygens (including phenoxy) is 2. The fourth-order valence-corrected chi connectivity index (χ4v) is 2.14. The van der Waals surface area contributed by atoms with Crippen LogP contribution in [0.3, 0.4) is 0 Å². The van der Waals surface area contributed by atoms with E-state index in [1.54, 1.807) is 6.20 Å². The van der Waals surface area contributed by atoms with Gasteiger partial charge in [0.25, 0.3) is 0 Å². The molecule has 0 unspecified atom stereocenters. The number of hydrogen-bond acceptors (Lipinski definition) is 5. The van der Waals surface area contributed by atoms with Crippen molar-refractivity contribution >= 4 is 11.9 Å². The molecule has 8 nitrogen and oxygen atoms in total. The normalized spacial score (nSPS) is 21.1. The average Bonchev–Trinajstić information content (AvgIpc) is 2.53. The van der Waals surface area contributed by atoms with Crippen LogP contribution in [0.15, 0.2) is 24.4 Å². The summed E-state index contributed by atoms with van der Waals surface area (Å²) in [5.74, 6) is -0.308. The SMILES string of the molecule is NC(=O)NCC(=O)N[C@@H]1CCOC[C@H]1OCc1ccccn1. The molecule has 0 radical (unpaired) electrons. The smallest absolute Gasteiger partial charge is 0.312 e. The maximum absolute atomic E-state index is 11.7. The number of pyridine rings is 1. The van der Waals surface area contributed by atoms with Gasteiger partial charge in [0.2, 0.25) is 5.91 Å². The van der Waals surface area contributed by atoms with E-state index in [4.69, 9.17) is 15.2 Å². The first-order valence-corrected chi connectivity index (χ1v) is 7.07. The lowest BCUT2D eigenvalue weighted by atomic mass is 10.1. The van der Waals surface area contributed by atoms with Gasteiger partial charge in [-0.15, -0.1) is 0 Å². The van der Waals surface area contributed by atoms with Gasteiger partial charge in [-0.3, -0.25) is 9.78 Å². The molecule has 4 N–H and O–H groups in total. The minimum atomic E-state index is -0.731. The summed E-state index contributed by atoms with van der Waals surface area (Å²) in [6.45, 7) is 1.15. The molecule has 1 aromatic heterocycles. The molecular weight excluding hydrogens is 288 g/mol. The van der Waals surface area contributed by atoms with Crippen LogP contribution >= 0.6 is 0 Å². The lowest BCUT2D eigenvalue weighted by Gasteiger charge is -2.32. The van der Waals surface area contributed by atoms with E-state index in [9.17, 15) is 9.59 Å². The lowest BCUT2D eigenvalue weighted by Crippen LogP contribution is -2.52. The van der Waals surface area contributed by atoms with E-state index in [2.05, 4.69) is 15.6 Å². The quantitative estimate of drug-likeness (QED) is 0.658. The molecule has 1 saturated heterocycles. The molecule has 2 rings (SSSR count). The Morgan fingerprint density at radius 1 is 1.45 bits per heavy atom. The van der Waals surface area contributed by atoms with Crippen LogP contribution in [0.2, 0.25) is 0 Å². The molecule has 120 valence electrons. The summed E-state index contributed by atoms with van der Waals surface area (Å²) < 4.78 is 11.2. The highest BCUT2D eigenvalue weighted by Crippen LogP contribution is 2.13. The summed E-state index contributed by atoms with van der Waals surface area (Å²) in [5.41, 5.74) is 5.75. The topological polar surface area (TPSA) is 116 Å². The molecule has 1 aliphatic heterocycles. The monoisotopic (exact) mass is 308 g/mol. The van der Waals surface area contributed by atoms with Crippen LogP contribution in [0, 0.1) is 0 Å². The minimum Gasteiger partial charge on any atom is -0.379 e. The van der Waals surface area contributed by atoms with Crippen LogP contribution in [0.5, 0.6) is 0 Å². The Hall–Kier alpha value is -2.19. The molecule has 3 amide bonds. The van der Waals surface area contributed by atoms with Gasteiger partial charge in [-0.05, 0) is 18.6 Å². The fourth-order valence-electron chi connectivity index (χ4n) is 2.14. The second-order valence-corrected chi connectivity index (χ2v) is 4.93. The summed E-state index contributed by atoms with van der Waals surface area (Å²) in [7, 11) is 0. The van der Waals surface area contributed by atoms with Crippen molar-refractivity contribution in [3.8, 4) is 0 Å². The summed E-state index contributed by atoms with van der Waals surface area (Å²) >= 11 is 0. The van der Waals surface area contributed by atoms with E-state index in [-0.39, 0.29) is 24.6 Å². The Morgan fingerprint density at radius 2 is 2.32 bits per heavy atom. The van der Waals surface area contributed by atoms with Crippen molar-refractivity contribution in [2.75, 3.05) is 19.8 Å². The summed E-state index contributed by atoms with van der Waals surface area (Å²) in [4.78, 5) is 26.5. The largest absolute Gasteiger partial charge is 0.379 e. The average molecular weight is 308 g/mol. The van der Waals surface area contributed by atoms with Gasteiger partial charge in [-0.2, -0.15) is 0 Å². The van der Waals surface area contributed by atoms with Gasteiger partial charge in [0.1, 0.15) is 6.10 Å². The molecule has 1 aromatic rings. The van der Waals surface area contributed by atoms with Crippen LogP contribution in [-0.2, 0) is 20.9 Å². The molecule has 0 saturated carbocycles. The summed E-state index contributed by atoms with van der Waals surface area (Å²) in [5, 5.41) is 5.08. The number of nitrogens with zero attached hydrogens (tertiary/aromatic N) is 1. The number of primary amides is 1. The third-order valence-electron chi connectivity index (χ3n) is 3.25. The van der Waals surface area contributed by atoms with Crippen molar-refractivity contribution in [2.45, 2.75) is 25.2 Å². The van der Waals surface area contributed by atoms with Gasteiger partial charge in [-0.1, -0.05) is 6.07 Å². The number of aromatic nitrogens is 1. The van der Waals surface area contributed by atoms with Crippen LogP contribution in [0.25, 0.3) is 0 Å². The molecule has 0 aromatic carbocycles. The predicted octanol–water partition coefficient (Wildman–Crippen LogP) is -0.460. The highest BCUT2D eigenvalue weighted by Gasteiger charge is 2.28. The molecule has 2 atom stereocenters. The summed E-state index contributed by atoms with van der Waals surface area (Å²) in [6.07, 6.45) is 2.09. The van der Waals surface area contributed by atoms with Crippen molar-refractivity contribution in [1.82, 2.24) is 15.6 Å². The minimum absolute atomic E-state index is 0.153. The molecule has 1 aliphatic rings. The van der Waals surface area contributed by atoms with Gasteiger partial charge in [0.05, 0.1) is 31.5 Å². The first-order chi connectivity index (χ1) is 10.6. The molecule has 0 bridgehead atoms. The number of hydrogen-bond donors (Lipinski definition) is 3. The third-order valence-corrected chi connectivity index (χ3v) is 3.25. The predicted molar refractivity (Wildman–Crippen MR) is 77.8 cm³/mol. The van der Waals surface area contributed by atoms with Crippen LogP contribution in [0.1, 0.15) is 12.1 Å². The second-order valence-electron chi connectivity index (χ2n) is 4.93. The number of urea groups is 1. The number of rotatable bonds is 6. The van der Waals surface area contributed by atoms with Crippen LogP contribution in [0.4, 0.5) is 4.79 Å². The highest BCUT2D eigenvalue weighted by molar-refractivity contribution is 5.83. The molecular formula is C14H20N4O4. The number of carbonyl (C=O) groups is 2. The van der Waals surface area contributed by atoms with Crippen LogP contribution in [-0.4, -0.2) is 48.8 Å². The van der Waals surface area contributed by atoms with Gasteiger partial charge in [-0.25, -0.2) is 4.79 Å². The fraction of sp³-hybridized carbons (Fsp3) is 0.500. The van der Waals surface area contributed by atoms with Crippen molar-refractivity contribution in [3.05, 3.63) is 30.1 Å². The van der Waals surface area contributed by atoms with Gasteiger partial charge >= 0.3 is 6.03 Å². The Balaban J connectivity index is 1.82. The Bertz CT molecular complexity index is 497. The lowest BCUT2D eigenvalue weighted by molar-refractivity contribution is -0.125. The van der Waals surface area contributed by atoms with Gasteiger partial charge < -0.3 is 25.8 Å². The van der Waals surface area contributed by atoms with E-state index in [0.717, 1.165) is 5.69 Å². The molecule has 8 heteroatoms. The molecule has 22 heavy (non-hydrogen) atoms. The zero-order valence-corrected chi connectivity index (χ0v) is 12.2. The van der Waals surface area contributed by atoms with E-state index in [1.165, 1.54) is 0 Å². The van der Waals surface area contributed by atoms with Crippen LogP contribution < -0.4 is 16.4 Å². The maximum Gasteiger partial charge on any atom is 0.312 e. The third kappa shape index (κ3) is 5.30. The van der Waals surface area contributed by atoms with E-state index in [1.807, 2.05) is 18.2 Å². The van der Waals surface area contributed by atoms with Crippen molar-refractivity contribution in [2.24, 2.45) is 5.73 Å². The summed E-state index contributed by atoms with van der Waals surface area (Å²) in [6, 6.07) is 4.69. The molecule has 0 aliphatic carbocycles. The Morgan fingerprint density at radius 3 is 3.05 bits per heavy atom. The number of nitrogens with one attached hydrogen (secondary N) is 2. The molecule has 0 spiro atoms. The first-order valence-electron chi connectivity index (χ1n) is 7.07. The number of amides is 3. The second kappa shape index (κ2) is 8.30. The van der Waals surface area contributed by atoms with Crippen molar-refractivity contribution in [3.63, 3.8) is 0 Å². The molecule has 1 fully saturated rings. The Labute approximate surface area is 128 Å². The molecule has 2 heterocycles. The van der Waals surface area contributed by atoms with E-state index >= 15 is 0 Å². The van der Waals surface area contributed by atoms with Gasteiger partial charge in [0.15, 0.2) is 0 Å². The number of nitrogens with two attached hydrogens (primary N) is 1. The van der Waals surface area contributed by atoms with Crippen molar-refractivity contribution in [1.29, 1.82) is 0 Å². The first kappa shape index (κ1) is 16.2. The Kier molecular flexibility index (Phi) is 6.11. The van der Waals surface area contributed by atoms with E-state index < -0.39 is 6.03 Å². The highest BCUT2D eigenvalue weighted by atomic mass is 16.5. The standard InChI is InChI=1S/C14H20N4O4/c15-14(20)17-7-13(19)18-11-4-6-21-9-12(11)22-8-10-3-1-2-5-16-10/h1-3,5,11-12H,4,6-9H2,(H,18,19)(H3,15,17,20)/t11-,12-/m1/s1. The number of carbonyl (C=O) groups excluding carboxylic acids is 2. The maximum atomic E-state index is 11.7. The van der Waals surface area contributed by atoms with E-state index in [0.29, 0.717) is 26.2 Å². The van der Waals surface area contributed by atoms with Crippen molar-refractivity contribution < 1.29 is 19.1 Å². The van der Waals surface area contributed by atoms with Gasteiger partial charge in [0, 0.05) is 12.8 Å². The zero-order valence-electron chi connectivity index (χ0n) is 12.2.